The second kappa shape index (κ2) is 4.74. The number of hydrogen-bond acceptors (Lipinski definition) is 2. The molecule has 0 heterocycles. The minimum Gasteiger partial charge on any atom is -0.329 e. The van der Waals surface area contributed by atoms with Crippen LogP contribution < -0.4 is 5.73 Å². The first-order valence-electron chi connectivity index (χ1n) is 5.49. The zero-order valence-corrected chi connectivity index (χ0v) is 9.09. The van der Waals surface area contributed by atoms with E-state index < -0.39 is 0 Å². The maximum atomic E-state index is 11.9. The molecule has 2 N–H and O–H groups in total. The van der Waals surface area contributed by atoms with Gasteiger partial charge in [-0.1, -0.05) is 13.0 Å². The van der Waals surface area contributed by atoms with E-state index in [1.165, 1.54) is 0 Å². The Kier molecular flexibility index (Phi) is 3.87. The molecule has 0 aromatic carbocycles. The molecule has 1 fully saturated rings. The highest BCUT2D eigenvalue weighted by Gasteiger charge is 2.38. The zero-order chi connectivity index (χ0) is 10.6. The molecule has 0 aliphatic heterocycles. The van der Waals surface area contributed by atoms with E-state index in [-0.39, 0.29) is 5.41 Å². The molecule has 0 spiro atoms. The molecule has 0 unspecified atom stereocenters. The predicted molar refractivity (Wildman–Crippen MR) is 58.9 cm³/mol. The van der Waals surface area contributed by atoms with Crippen LogP contribution in [0.4, 0.5) is 0 Å². The van der Waals surface area contributed by atoms with Gasteiger partial charge in [0.25, 0.3) is 0 Å². The minimum absolute atomic E-state index is 0.222. The van der Waals surface area contributed by atoms with E-state index in [4.69, 9.17) is 5.73 Å². The van der Waals surface area contributed by atoms with Gasteiger partial charge in [0.15, 0.2) is 0 Å². The Labute approximate surface area is 86.6 Å². The van der Waals surface area contributed by atoms with Gasteiger partial charge in [0, 0.05) is 18.4 Å². The van der Waals surface area contributed by atoms with Gasteiger partial charge in [-0.15, -0.1) is 6.58 Å². The molecular weight excluding hydrogens is 174 g/mol. The summed E-state index contributed by atoms with van der Waals surface area (Å²) in [6.45, 7) is 6.37. The highest BCUT2D eigenvalue weighted by atomic mass is 16.1. The molecule has 1 aliphatic rings. The van der Waals surface area contributed by atoms with Crippen LogP contribution >= 0.6 is 0 Å². The Balaban J connectivity index is 2.66. The number of allylic oxidation sites excluding steroid dienone is 1. The molecule has 0 bridgehead atoms. The van der Waals surface area contributed by atoms with Crippen molar-refractivity contribution in [2.45, 2.75) is 39.0 Å². The van der Waals surface area contributed by atoms with Crippen LogP contribution in [0.15, 0.2) is 12.7 Å². The van der Waals surface area contributed by atoms with E-state index in [0.29, 0.717) is 18.7 Å². The van der Waals surface area contributed by atoms with Crippen LogP contribution in [0.2, 0.25) is 0 Å². The fourth-order valence-electron chi connectivity index (χ4n) is 2.26. The van der Waals surface area contributed by atoms with Crippen LogP contribution in [-0.2, 0) is 4.79 Å². The van der Waals surface area contributed by atoms with Crippen molar-refractivity contribution in [3.63, 3.8) is 0 Å². The van der Waals surface area contributed by atoms with Gasteiger partial charge in [0.1, 0.15) is 5.78 Å². The zero-order valence-electron chi connectivity index (χ0n) is 9.09. The lowest BCUT2D eigenvalue weighted by Crippen LogP contribution is -2.41. The third-order valence-corrected chi connectivity index (χ3v) is 3.54. The highest BCUT2D eigenvalue weighted by Crippen LogP contribution is 2.39. The van der Waals surface area contributed by atoms with Crippen molar-refractivity contribution in [3.05, 3.63) is 12.7 Å². The van der Waals surface area contributed by atoms with Gasteiger partial charge in [-0.3, -0.25) is 4.79 Å². The molecule has 2 nitrogen and oxygen atoms in total. The number of carbonyl (C=O) groups is 1. The fourth-order valence-corrected chi connectivity index (χ4v) is 2.26. The van der Waals surface area contributed by atoms with E-state index in [0.717, 1.165) is 31.6 Å². The van der Waals surface area contributed by atoms with Crippen LogP contribution in [0.1, 0.15) is 39.0 Å². The van der Waals surface area contributed by atoms with E-state index in [9.17, 15) is 4.79 Å². The van der Waals surface area contributed by atoms with Crippen molar-refractivity contribution in [1.29, 1.82) is 0 Å². The number of rotatable bonds is 4. The average molecular weight is 195 g/mol. The van der Waals surface area contributed by atoms with Crippen molar-refractivity contribution in [3.8, 4) is 0 Å². The normalized spacial score (nSPS) is 32.6. The number of Topliss-reactive ketones (excluding diaryl/α,β-unsaturated/α-hetero) is 1. The van der Waals surface area contributed by atoms with E-state index in [1.807, 2.05) is 0 Å². The summed E-state index contributed by atoms with van der Waals surface area (Å²) in [6, 6.07) is 0. The first-order chi connectivity index (χ1) is 6.64. The third kappa shape index (κ3) is 2.24. The Bertz CT molecular complexity index is 214. The van der Waals surface area contributed by atoms with Crippen molar-refractivity contribution in [2.24, 2.45) is 17.1 Å². The summed E-state index contributed by atoms with van der Waals surface area (Å²) in [4.78, 5) is 11.9. The summed E-state index contributed by atoms with van der Waals surface area (Å²) in [5.41, 5.74) is 5.54. The molecule has 0 aromatic rings. The second-order valence-electron chi connectivity index (χ2n) is 4.58. The van der Waals surface area contributed by atoms with E-state index >= 15 is 0 Å². The van der Waals surface area contributed by atoms with Gasteiger partial charge in [0.2, 0.25) is 0 Å². The maximum absolute atomic E-state index is 11.9. The van der Waals surface area contributed by atoms with Gasteiger partial charge in [-0.25, -0.2) is 0 Å². The van der Waals surface area contributed by atoms with Crippen LogP contribution in [0.3, 0.4) is 0 Å². The molecule has 0 saturated heterocycles. The molecular formula is C12H21NO. The monoisotopic (exact) mass is 195 g/mol. The molecule has 1 aliphatic carbocycles. The summed E-state index contributed by atoms with van der Waals surface area (Å²) in [5, 5.41) is 0. The second-order valence-corrected chi connectivity index (χ2v) is 4.58. The molecule has 0 atom stereocenters. The summed E-state index contributed by atoms with van der Waals surface area (Å²) in [7, 11) is 0. The molecule has 80 valence electrons. The third-order valence-electron chi connectivity index (χ3n) is 3.54. The fraction of sp³-hybridized carbons (Fsp3) is 0.750. The van der Waals surface area contributed by atoms with Crippen molar-refractivity contribution in [2.75, 3.05) is 6.54 Å². The Morgan fingerprint density at radius 2 is 2.14 bits per heavy atom. The number of carbonyl (C=O) groups excluding carboxylic acids is 1. The smallest absolute Gasteiger partial charge is 0.144 e. The van der Waals surface area contributed by atoms with Crippen LogP contribution in [-0.4, -0.2) is 12.3 Å². The SMILES string of the molecule is C=CCC(=O)C1(CN)CCC(C)CC1. The molecule has 0 radical (unpaired) electrons. The van der Waals surface area contributed by atoms with Gasteiger partial charge in [0.05, 0.1) is 0 Å². The van der Waals surface area contributed by atoms with Crippen LogP contribution in [0.25, 0.3) is 0 Å². The quantitative estimate of drug-likeness (QED) is 0.699. The van der Waals surface area contributed by atoms with Gasteiger partial charge in [-0.05, 0) is 31.6 Å². The molecule has 0 amide bonds. The van der Waals surface area contributed by atoms with E-state index in [2.05, 4.69) is 13.5 Å². The van der Waals surface area contributed by atoms with Crippen LogP contribution in [0.5, 0.6) is 0 Å². The van der Waals surface area contributed by atoms with Gasteiger partial charge >= 0.3 is 0 Å². The molecule has 14 heavy (non-hydrogen) atoms. The first kappa shape index (κ1) is 11.4. The lowest BCUT2D eigenvalue weighted by Gasteiger charge is -2.37. The largest absolute Gasteiger partial charge is 0.329 e. The summed E-state index contributed by atoms with van der Waals surface area (Å²) < 4.78 is 0. The average Bonchev–Trinajstić information content (AvgIpc) is 2.20. The molecule has 1 saturated carbocycles. The standard InChI is InChI=1S/C12H21NO/c1-3-4-11(14)12(9-13)7-5-10(2)6-8-12/h3,10H,1,4-9,13H2,2H3. The first-order valence-corrected chi connectivity index (χ1v) is 5.49. The highest BCUT2D eigenvalue weighted by molar-refractivity contribution is 5.86. The van der Waals surface area contributed by atoms with E-state index in [1.54, 1.807) is 6.08 Å². The number of nitrogens with two attached hydrogens (primary N) is 1. The Hall–Kier alpha value is -0.630. The number of ketones is 1. The Morgan fingerprint density at radius 3 is 2.57 bits per heavy atom. The molecule has 1 rings (SSSR count). The minimum atomic E-state index is -0.222. The topological polar surface area (TPSA) is 43.1 Å². The summed E-state index contributed by atoms with van der Waals surface area (Å²) >= 11 is 0. The predicted octanol–water partition coefficient (Wildman–Crippen LogP) is 2.29. The van der Waals surface area contributed by atoms with Crippen molar-refractivity contribution >= 4 is 5.78 Å². The maximum Gasteiger partial charge on any atom is 0.144 e. The molecule has 0 aromatic heterocycles. The number of hydrogen-bond donors (Lipinski definition) is 1. The van der Waals surface area contributed by atoms with Gasteiger partial charge in [-0.2, -0.15) is 0 Å². The molecule has 2 heteroatoms. The van der Waals surface area contributed by atoms with Crippen molar-refractivity contribution < 1.29 is 4.79 Å². The summed E-state index contributed by atoms with van der Waals surface area (Å²) in [5.74, 6) is 1.05. The van der Waals surface area contributed by atoms with Crippen LogP contribution in [0, 0.1) is 11.3 Å². The van der Waals surface area contributed by atoms with Gasteiger partial charge < -0.3 is 5.73 Å². The van der Waals surface area contributed by atoms with Crippen molar-refractivity contribution in [1.82, 2.24) is 0 Å². The lowest BCUT2D eigenvalue weighted by atomic mass is 9.68. The summed E-state index contributed by atoms with van der Waals surface area (Å²) in [6.07, 6.45) is 6.39. The lowest BCUT2D eigenvalue weighted by molar-refractivity contribution is -0.129. The Morgan fingerprint density at radius 1 is 1.57 bits per heavy atom.